The molecule has 1 fully saturated rings. The van der Waals surface area contributed by atoms with Gasteiger partial charge in [0.15, 0.2) is 0 Å². The maximum Gasteiger partial charge on any atom is 0.123 e. The second kappa shape index (κ2) is 5.81. The van der Waals surface area contributed by atoms with E-state index >= 15 is 0 Å². The molecule has 1 aromatic rings. The quantitative estimate of drug-likeness (QED) is 0.637. The third kappa shape index (κ3) is 2.90. The van der Waals surface area contributed by atoms with Crippen molar-refractivity contribution >= 4 is 0 Å². The van der Waals surface area contributed by atoms with Gasteiger partial charge in [-0.25, -0.2) is 4.39 Å². The Hall–Kier alpha value is -0.930. The van der Waals surface area contributed by atoms with Crippen molar-refractivity contribution in [2.24, 2.45) is 23.6 Å². The van der Waals surface area contributed by atoms with Crippen molar-refractivity contribution in [3.05, 3.63) is 35.6 Å². The van der Waals surface area contributed by atoms with Gasteiger partial charge in [0, 0.05) is 6.04 Å². The van der Waals surface area contributed by atoms with E-state index in [1.807, 2.05) is 6.07 Å². The van der Waals surface area contributed by atoms with Crippen molar-refractivity contribution < 1.29 is 4.39 Å². The predicted octanol–water partition coefficient (Wildman–Crippen LogP) is 3.40. The summed E-state index contributed by atoms with van der Waals surface area (Å²) >= 11 is 0. The minimum Gasteiger partial charge on any atom is -0.271 e. The molecule has 0 amide bonds. The summed E-state index contributed by atoms with van der Waals surface area (Å²) in [5.41, 5.74) is 3.85. The highest BCUT2D eigenvalue weighted by molar-refractivity contribution is 5.21. The van der Waals surface area contributed by atoms with Crippen LogP contribution in [0.25, 0.3) is 0 Å². The van der Waals surface area contributed by atoms with Gasteiger partial charge >= 0.3 is 0 Å². The maximum atomic E-state index is 13.3. The van der Waals surface area contributed by atoms with Crippen molar-refractivity contribution in [3.63, 3.8) is 0 Å². The van der Waals surface area contributed by atoms with E-state index in [0.717, 1.165) is 24.3 Å². The minimum atomic E-state index is -0.190. The molecule has 0 aliphatic heterocycles. The van der Waals surface area contributed by atoms with Crippen molar-refractivity contribution in [3.8, 4) is 0 Å². The molecular weight excluding hydrogens is 227 g/mol. The van der Waals surface area contributed by atoms with Crippen molar-refractivity contribution in [2.45, 2.75) is 39.2 Å². The average molecular weight is 250 g/mol. The summed E-state index contributed by atoms with van der Waals surface area (Å²) in [6.45, 7) is 4.62. The fourth-order valence-corrected chi connectivity index (χ4v) is 3.10. The highest BCUT2D eigenvalue weighted by Crippen LogP contribution is 2.39. The van der Waals surface area contributed by atoms with Gasteiger partial charge in [-0.3, -0.25) is 11.3 Å². The highest BCUT2D eigenvalue weighted by Gasteiger charge is 2.30. The molecule has 0 saturated heterocycles. The van der Waals surface area contributed by atoms with E-state index in [9.17, 15) is 4.39 Å². The summed E-state index contributed by atoms with van der Waals surface area (Å²) in [5.74, 6) is 7.51. The van der Waals surface area contributed by atoms with Crippen LogP contribution in [-0.4, -0.2) is 0 Å². The molecule has 3 heteroatoms. The second-order valence-corrected chi connectivity index (χ2v) is 5.73. The fourth-order valence-electron chi connectivity index (χ4n) is 3.10. The van der Waals surface area contributed by atoms with Crippen LogP contribution in [0.15, 0.2) is 24.3 Å². The van der Waals surface area contributed by atoms with Gasteiger partial charge in [0.05, 0.1) is 0 Å². The Balaban J connectivity index is 2.14. The zero-order valence-corrected chi connectivity index (χ0v) is 11.2. The lowest BCUT2D eigenvalue weighted by Crippen LogP contribution is -2.36. The molecule has 100 valence electrons. The summed E-state index contributed by atoms with van der Waals surface area (Å²) < 4.78 is 13.3. The smallest absolute Gasteiger partial charge is 0.123 e. The predicted molar refractivity (Wildman–Crippen MR) is 72.1 cm³/mol. The number of hydrogen-bond acceptors (Lipinski definition) is 2. The fraction of sp³-hybridized carbons (Fsp3) is 0.600. The van der Waals surface area contributed by atoms with Gasteiger partial charge in [-0.2, -0.15) is 0 Å². The molecule has 2 nitrogen and oxygen atoms in total. The average Bonchev–Trinajstić information content (AvgIpc) is 2.35. The van der Waals surface area contributed by atoms with Crippen LogP contribution in [0.2, 0.25) is 0 Å². The zero-order valence-electron chi connectivity index (χ0n) is 11.2. The Kier molecular flexibility index (Phi) is 4.36. The Morgan fingerprint density at radius 2 is 2.06 bits per heavy atom. The van der Waals surface area contributed by atoms with Gasteiger partial charge in [-0.05, 0) is 48.3 Å². The molecule has 1 aromatic carbocycles. The van der Waals surface area contributed by atoms with Crippen LogP contribution in [0.4, 0.5) is 4.39 Å². The standard InChI is InChI=1S/C15H23FN2/c1-10-6-7-13(8-11(10)2)15(18-17)12-4-3-5-14(16)9-12/h3-5,9-11,13,15,18H,6-8,17H2,1-2H3. The van der Waals surface area contributed by atoms with Gasteiger partial charge in [0.2, 0.25) is 0 Å². The summed E-state index contributed by atoms with van der Waals surface area (Å²) in [4.78, 5) is 0. The van der Waals surface area contributed by atoms with Gasteiger partial charge < -0.3 is 0 Å². The number of halogens is 1. The number of nitrogens with two attached hydrogens (primary N) is 1. The SMILES string of the molecule is CC1CCC(C(NN)c2cccc(F)c2)CC1C. The summed E-state index contributed by atoms with van der Waals surface area (Å²) in [6.07, 6.45) is 3.56. The molecule has 4 atom stereocenters. The van der Waals surface area contributed by atoms with Crippen LogP contribution in [0.3, 0.4) is 0 Å². The van der Waals surface area contributed by atoms with E-state index in [4.69, 9.17) is 5.84 Å². The molecule has 1 aliphatic rings. The van der Waals surface area contributed by atoms with Crippen molar-refractivity contribution in [1.29, 1.82) is 0 Å². The van der Waals surface area contributed by atoms with Crippen molar-refractivity contribution in [2.75, 3.05) is 0 Å². The highest BCUT2D eigenvalue weighted by atomic mass is 19.1. The number of rotatable bonds is 3. The van der Waals surface area contributed by atoms with Crippen LogP contribution >= 0.6 is 0 Å². The normalized spacial score (nSPS) is 30.1. The number of hydrazine groups is 1. The lowest BCUT2D eigenvalue weighted by molar-refractivity contribution is 0.171. The lowest BCUT2D eigenvalue weighted by atomic mass is 9.72. The topological polar surface area (TPSA) is 38.0 Å². The van der Waals surface area contributed by atoms with E-state index in [0.29, 0.717) is 11.8 Å². The number of hydrogen-bond donors (Lipinski definition) is 2. The zero-order chi connectivity index (χ0) is 13.1. The Bertz CT molecular complexity index is 394. The van der Waals surface area contributed by atoms with Gasteiger partial charge in [-0.15, -0.1) is 0 Å². The Labute approximate surface area is 109 Å². The molecule has 0 spiro atoms. The molecule has 4 unspecified atom stereocenters. The van der Waals surface area contributed by atoms with E-state index in [1.54, 1.807) is 12.1 Å². The number of benzene rings is 1. The van der Waals surface area contributed by atoms with Crippen LogP contribution in [0.5, 0.6) is 0 Å². The lowest BCUT2D eigenvalue weighted by Gasteiger charge is -2.36. The van der Waals surface area contributed by atoms with E-state index in [-0.39, 0.29) is 11.9 Å². The molecule has 1 saturated carbocycles. The largest absolute Gasteiger partial charge is 0.271 e. The molecule has 0 bridgehead atoms. The first-order valence-electron chi connectivity index (χ1n) is 6.83. The van der Waals surface area contributed by atoms with Crippen LogP contribution in [0, 0.1) is 23.6 Å². The summed E-state index contributed by atoms with van der Waals surface area (Å²) in [7, 11) is 0. The Morgan fingerprint density at radius 3 is 2.67 bits per heavy atom. The Morgan fingerprint density at radius 1 is 1.28 bits per heavy atom. The molecule has 3 N–H and O–H groups in total. The monoisotopic (exact) mass is 250 g/mol. The molecule has 0 heterocycles. The maximum absolute atomic E-state index is 13.3. The molecule has 2 rings (SSSR count). The van der Waals surface area contributed by atoms with Crippen LogP contribution in [0.1, 0.15) is 44.7 Å². The molecule has 0 aromatic heterocycles. The summed E-state index contributed by atoms with van der Waals surface area (Å²) in [6, 6.07) is 6.84. The first-order valence-corrected chi connectivity index (χ1v) is 6.83. The minimum absolute atomic E-state index is 0.0654. The van der Waals surface area contributed by atoms with Crippen LogP contribution < -0.4 is 11.3 Å². The van der Waals surface area contributed by atoms with E-state index < -0.39 is 0 Å². The van der Waals surface area contributed by atoms with Gasteiger partial charge in [0.1, 0.15) is 5.82 Å². The molecular formula is C15H23FN2. The second-order valence-electron chi connectivity index (χ2n) is 5.73. The third-order valence-electron chi connectivity index (χ3n) is 4.50. The van der Waals surface area contributed by atoms with Gasteiger partial charge in [0.25, 0.3) is 0 Å². The molecule has 18 heavy (non-hydrogen) atoms. The third-order valence-corrected chi connectivity index (χ3v) is 4.50. The van der Waals surface area contributed by atoms with Gasteiger partial charge in [-0.1, -0.05) is 32.4 Å². The first-order chi connectivity index (χ1) is 8.61. The summed E-state index contributed by atoms with van der Waals surface area (Å²) in [5, 5.41) is 0. The van der Waals surface area contributed by atoms with Crippen LogP contribution in [-0.2, 0) is 0 Å². The van der Waals surface area contributed by atoms with E-state index in [1.165, 1.54) is 12.5 Å². The number of nitrogens with one attached hydrogen (secondary N) is 1. The molecule has 1 aliphatic carbocycles. The first kappa shape index (κ1) is 13.5. The molecule has 0 radical (unpaired) electrons. The van der Waals surface area contributed by atoms with Crippen molar-refractivity contribution in [1.82, 2.24) is 5.43 Å². The van der Waals surface area contributed by atoms with E-state index in [2.05, 4.69) is 19.3 Å².